The zero-order valence-corrected chi connectivity index (χ0v) is 13.8. The summed E-state index contributed by atoms with van der Waals surface area (Å²) in [6.07, 6.45) is 4.35. The molecule has 0 aliphatic carbocycles. The van der Waals surface area contributed by atoms with Gasteiger partial charge in [0.1, 0.15) is 11.4 Å². The minimum Gasteiger partial charge on any atom is -0.463 e. The van der Waals surface area contributed by atoms with E-state index in [1.54, 1.807) is 18.2 Å². The van der Waals surface area contributed by atoms with Gasteiger partial charge in [0.05, 0.1) is 6.61 Å². The lowest BCUT2D eigenvalue weighted by Crippen LogP contribution is -2.23. The summed E-state index contributed by atoms with van der Waals surface area (Å²) in [6, 6.07) is 5.78. The maximum atomic E-state index is 12.7. The number of carbonyl (C=O) groups excluding carboxylic acids is 2. The van der Waals surface area contributed by atoms with Gasteiger partial charge in [0.2, 0.25) is 0 Å². The minimum atomic E-state index is -0.477. The molecule has 0 bridgehead atoms. The molecule has 0 spiro atoms. The first-order valence-corrected chi connectivity index (χ1v) is 7.58. The lowest BCUT2D eigenvalue weighted by molar-refractivity contribution is -0.154. The fraction of sp³-hybridized carbons (Fsp3) is 0.444. The second kappa shape index (κ2) is 9.08. The van der Waals surface area contributed by atoms with Gasteiger partial charge in [-0.15, -0.1) is 0 Å². The Kier molecular flexibility index (Phi) is 7.45. The molecule has 1 aromatic rings. The van der Waals surface area contributed by atoms with Gasteiger partial charge in [-0.2, -0.15) is 0 Å². The van der Waals surface area contributed by atoms with E-state index in [1.807, 2.05) is 20.8 Å². The lowest BCUT2D eigenvalue weighted by atomic mass is 10.2. The molecule has 0 N–H and O–H groups in total. The van der Waals surface area contributed by atoms with E-state index >= 15 is 0 Å². The summed E-state index contributed by atoms with van der Waals surface area (Å²) in [5, 5.41) is 0. The van der Waals surface area contributed by atoms with Gasteiger partial charge in [0.25, 0.3) is 0 Å². The third-order valence-electron chi connectivity index (χ3n) is 2.72. The van der Waals surface area contributed by atoms with Crippen LogP contribution in [0.5, 0.6) is 0 Å². The van der Waals surface area contributed by atoms with Gasteiger partial charge in [-0.05, 0) is 57.4 Å². The molecule has 1 rings (SSSR count). The highest BCUT2D eigenvalue weighted by molar-refractivity contribution is 5.87. The van der Waals surface area contributed by atoms with Crippen LogP contribution < -0.4 is 0 Å². The number of halogens is 1. The average Bonchev–Trinajstić information content (AvgIpc) is 2.44. The average molecular weight is 322 g/mol. The highest BCUT2D eigenvalue weighted by Gasteiger charge is 2.15. The maximum Gasteiger partial charge on any atom is 0.330 e. The van der Waals surface area contributed by atoms with E-state index in [0.717, 1.165) is 0 Å². The van der Waals surface area contributed by atoms with E-state index in [1.165, 1.54) is 18.2 Å². The first kappa shape index (κ1) is 18.9. The van der Waals surface area contributed by atoms with E-state index in [-0.39, 0.29) is 18.4 Å². The fourth-order valence-electron chi connectivity index (χ4n) is 1.72. The van der Waals surface area contributed by atoms with Crippen molar-refractivity contribution in [3.8, 4) is 0 Å². The Morgan fingerprint density at radius 2 is 1.78 bits per heavy atom. The van der Waals surface area contributed by atoms with Gasteiger partial charge in [-0.25, -0.2) is 9.18 Å². The van der Waals surface area contributed by atoms with E-state index in [9.17, 15) is 14.0 Å². The molecule has 0 atom stereocenters. The third kappa shape index (κ3) is 9.45. The van der Waals surface area contributed by atoms with Crippen molar-refractivity contribution in [2.24, 2.45) is 0 Å². The van der Waals surface area contributed by atoms with Gasteiger partial charge in [-0.3, -0.25) is 4.79 Å². The van der Waals surface area contributed by atoms with Crippen LogP contribution in [0.15, 0.2) is 30.3 Å². The van der Waals surface area contributed by atoms with Crippen molar-refractivity contribution in [3.63, 3.8) is 0 Å². The third-order valence-corrected chi connectivity index (χ3v) is 2.72. The Morgan fingerprint density at radius 3 is 2.39 bits per heavy atom. The van der Waals surface area contributed by atoms with Crippen LogP contribution in [0.1, 0.15) is 45.6 Å². The predicted octanol–water partition coefficient (Wildman–Crippen LogP) is 3.89. The van der Waals surface area contributed by atoms with Crippen LogP contribution in [0.2, 0.25) is 0 Å². The monoisotopic (exact) mass is 322 g/mol. The van der Waals surface area contributed by atoms with Crippen LogP contribution in [-0.2, 0) is 19.1 Å². The number of hydrogen-bond donors (Lipinski definition) is 0. The Bertz CT molecular complexity index is 541. The summed E-state index contributed by atoms with van der Waals surface area (Å²) < 4.78 is 22.9. The molecule has 4 nitrogen and oxygen atoms in total. The van der Waals surface area contributed by atoms with Crippen LogP contribution in [0.4, 0.5) is 4.39 Å². The molecule has 0 saturated heterocycles. The van der Waals surface area contributed by atoms with Gasteiger partial charge in [-0.1, -0.05) is 12.1 Å². The normalized spacial score (nSPS) is 11.5. The molecule has 0 radical (unpaired) electrons. The largest absolute Gasteiger partial charge is 0.463 e. The van der Waals surface area contributed by atoms with Crippen LogP contribution in [0.25, 0.3) is 6.08 Å². The van der Waals surface area contributed by atoms with E-state index in [4.69, 9.17) is 9.47 Å². The summed E-state index contributed by atoms with van der Waals surface area (Å²) in [7, 11) is 0. The first-order valence-electron chi connectivity index (χ1n) is 7.58. The van der Waals surface area contributed by atoms with Crippen molar-refractivity contribution in [2.75, 3.05) is 6.61 Å². The number of carbonyl (C=O) groups is 2. The van der Waals surface area contributed by atoms with Gasteiger partial charge < -0.3 is 9.47 Å². The standard InChI is InChI=1S/C18H23FO4/c1-18(2,3)23-17(21)6-4-5-13-22-16(20)12-9-14-7-10-15(19)11-8-14/h7-12H,4-6,13H2,1-3H3/b12-9+. The summed E-state index contributed by atoms with van der Waals surface area (Å²) in [5.41, 5.74) is 0.239. The molecule has 0 heterocycles. The molecule has 0 fully saturated rings. The number of rotatable bonds is 7. The summed E-state index contributed by atoms with van der Waals surface area (Å²) >= 11 is 0. The molecule has 0 saturated carbocycles. The van der Waals surface area contributed by atoms with Crippen LogP contribution in [0, 0.1) is 5.82 Å². The Labute approximate surface area is 136 Å². The van der Waals surface area contributed by atoms with Gasteiger partial charge in [0, 0.05) is 12.5 Å². The second-order valence-electron chi connectivity index (χ2n) is 6.10. The van der Waals surface area contributed by atoms with E-state index in [0.29, 0.717) is 24.8 Å². The van der Waals surface area contributed by atoms with E-state index < -0.39 is 11.6 Å². The molecule has 0 aliphatic rings. The van der Waals surface area contributed by atoms with Gasteiger partial charge in [0.15, 0.2) is 0 Å². The zero-order chi connectivity index (χ0) is 17.3. The molecular weight excluding hydrogens is 299 g/mol. The smallest absolute Gasteiger partial charge is 0.330 e. The first-order chi connectivity index (χ1) is 10.8. The summed E-state index contributed by atoms with van der Waals surface area (Å²) in [5.74, 6) is -1.04. The van der Waals surface area contributed by atoms with Crippen LogP contribution in [-0.4, -0.2) is 24.1 Å². The van der Waals surface area contributed by atoms with Crippen molar-refractivity contribution >= 4 is 18.0 Å². The maximum absolute atomic E-state index is 12.7. The Morgan fingerprint density at radius 1 is 1.13 bits per heavy atom. The fourth-order valence-corrected chi connectivity index (χ4v) is 1.72. The predicted molar refractivity (Wildman–Crippen MR) is 86.1 cm³/mol. The van der Waals surface area contributed by atoms with E-state index in [2.05, 4.69) is 0 Å². The number of unbranched alkanes of at least 4 members (excludes halogenated alkanes) is 1. The molecule has 0 aromatic heterocycles. The molecular formula is C18H23FO4. The highest BCUT2D eigenvalue weighted by atomic mass is 19.1. The second-order valence-corrected chi connectivity index (χ2v) is 6.10. The SMILES string of the molecule is CC(C)(C)OC(=O)CCCCOC(=O)/C=C/c1ccc(F)cc1. The Hall–Kier alpha value is -2.17. The zero-order valence-electron chi connectivity index (χ0n) is 13.8. The van der Waals surface area contributed by atoms with Crippen molar-refractivity contribution in [1.82, 2.24) is 0 Å². The molecule has 1 aromatic carbocycles. The van der Waals surface area contributed by atoms with Crippen molar-refractivity contribution < 1.29 is 23.5 Å². The number of hydrogen-bond acceptors (Lipinski definition) is 4. The van der Waals surface area contributed by atoms with Crippen LogP contribution in [0.3, 0.4) is 0 Å². The van der Waals surface area contributed by atoms with Crippen molar-refractivity contribution in [3.05, 3.63) is 41.7 Å². The Balaban J connectivity index is 2.17. The quantitative estimate of drug-likeness (QED) is 0.434. The minimum absolute atomic E-state index is 0.245. The van der Waals surface area contributed by atoms with Crippen LogP contribution >= 0.6 is 0 Å². The molecule has 0 unspecified atom stereocenters. The van der Waals surface area contributed by atoms with Gasteiger partial charge >= 0.3 is 11.9 Å². The molecule has 5 heteroatoms. The number of benzene rings is 1. The molecule has 126 valence electrons. The lowest BCUT2D eigenvalue weighted by Gasteiger charge is -2.19. The number of esters is 2. The van der Waals surface area contributed by atoms with Crippen molar-refractivity contribution in [1.29, 1.82) is 0 Å². The summed E-state index contributed by atoms with van der Waals surface area (Å²) in [6.45, 7) is 5.70. The molecule has 0 aliphatic heterocycles. The molecule has 23 heavy (non-hydrogen) atoms. The highest BCUT2D eigenvalue weighted by Crippen LogP contribution is 2.10. The number of ether oxygens (including phenoxy) is 2. The topological polar surface area (TPSA) is 52.6 Å². The molecule has 0 amide bonds. The summed E-state index contributed by atoms with van der Waals surface area (Å²) in [4.78, 5) is 23.0. The van der Waals surface area contributed by atoms with Crippen molar-refractivity contribution in [2.45, 2.75) is 45.6 Å².